The van der Waals surface area contributed by atoms with Crippen molar-refractivity contribution in [2.75, 3.05) is 13.2 Å². The van der Waals surface area contributed by atoms with Crippen molar-refractivity contribution >= 4 is 5.91 Å². The van der Waals surface area contributed by atoms with E-state index in [1.807, 2.05) is 30.3 Å². The van der Waals surface area contributed by atoms with Crippen LogP contribution in [0.5, 0.6) is 11.8 Å². The Morgan fingerprint density at radius 2 is 1.96 bits per heavy atom. The molecule has 1 amide bonds. The molecule has 0 radical (unpaired) electrons. The summed E-state index contributed by atoms with van der Waals surface area (Å²) in [7, 11) is 0. The Balaban J connectivity index is 1.30. The number of hydrogen-bond acceptors (Lipinski definition) is 7. The number of fused-ring (bicyclic) bond motifs is 1. The molecule has 0 spiro atoms. The number of aromatic nitrogens is 4. The predicted molar refractivity (Wildman–Crippen MR) is 87.5 cm³/mol. The standard InChI is InChI=1S/C17H19N5O4/c23-16(10-6-7-10)18-12-8-24-15-13(9-25-14(12)15)22-17(19-20-21-22)26-11-4-2-1-3-5-11/h1-5,10,12-15H,6-9H2,(H,18,23). The van der Waals surface area contributed by atoms with E-state index in [0.717, 1.165) is 12.8 Å². The van der Waals surface area contributed by atoms with Crippen LogP contribution in [0.15, 0.2) is 30.3 Å². The largest absolute Gasteiger partial charge is 0.423 e. The van der Waals surface area contributed by atoms with E-state index in [0.29, 0.717) is 25.0 Å². The van der Waals surface area contributed by atoms with Gasteiger partial charge in [0.1, 0.15) is 24.0 Å². The molecule has 2 saturated heterocycles. The number of rotatable bonds is 5. The van der Waals surface area contributed by atoms with Crippen molar-refractivity contribution in [3.8, 4) is 11.8 Å². The van der Waals surface area contributed by atoms with E-state index in [2.05, 4.69) is 20.8 Å². The molecule has 2 aliphatic heterocycles. The summed E-state index contributed by atoms with van der Waals surface area (Å²) in [5.74, 6) is 0.916. The maximum absolute atomic E-state index is 12.0. The molecule has 4 atom stereocenters. The molecule has 3 fully saturated rings. The van der Waals surface area contributed by atoms with E-state index in [-0.39, 0.29) is 36.1 Å². The molecule has 9 heteroatoms. The molecule has 1 aromatic carbocycles. The van der Waals surface area contributed by atoms with Crippen LogP contribution in [0.3, 0.4) is 0 Å². The first-order valence-electron chi connectivity index (χ1n) is 8.84. The van der Waals surface area contributed by atoms with Gasteiger partial charge in [-0.3, -0.25) is 4.79 Å². The fraction of sp³-hybridized carbons (Fsp3) is 0.529. The number of nitrogens with zero attached hydrogens (tertiary/aromatic N) is 4. The molecule has 1 saturated carbocycles. The number of nitrogens with one attached hydrogen (secondary N) is 1. The van der Waals surface area contributed by atoms with E-state index in [1.54, 1.807) is 4.68 Å². The number of ether oxygens (including phenoxy) is 3. The van der Waals surface area contributed by atoms with Crippen LogP contribution in [0.1, 0.15) is 18.9 Å². The van der Waals surface area contributed by atoms with Crippen LogP contribution in [0.4, 0.5) is 0 Å². The van der Waals surface area contributed by atoms with Crippen LogP contribution in [0, 0.1) is 5.92 Å². The van der Waals surface area contributed by atoms with E-state index in [1.165, 1.54) is 0 Å². The van der Waals surface area contributed by atoms with Crippen molar-refractivity contribution in [1.82, 2.24) is 25.5 Å². The normalized spacial score (nSPS) is 30.2. The molecule has 4 unspecified atom stereocenters. The number of hydrogen-bond donors (Lipinski definition) is 1. The second-order valence-corrected chi connectivity index (χ2v) is 6.87. The maximum atomic E-state index is 12.0. The molecule has 2 aromatic rings. The van der Waals surface area contributed by atoms with Crippen LogP contribution >= 0.6 is 0 Å². The first-order valence-corrected chi connectivity index (χ1v) is 8.84. The molecule has 26 heavy (non-hydrogen) atoms. The van der Waals surface area contributed by atoms with Gasteiger partial charge in [0.15, 0.2) is 0 Å². The van der Waals surface area contributed by atoms with Crippen LogP contribution in [-0.2, 0) is 14.3 Å². The van der Waals surface area contributed by atoms with Gasteiger partial charge in [-0.2, -0.15) is 4.68 Å². The zero-order valence-corrected chi connectivity index (χ0v) is 14.0. The lowest BCUT2D eigenvalue weighted by atomic mass is 10.1. The van der Waals surface area contributed by atoms with Gasteiger partial charge >= 0.3 is 6.01 Å². The summed E-state index contributed by atoms with van der Waals surface area (Å²) < 4.78 is 19.2. The molecular weight excluding hydrogens is 338 g/mol. The SMILES string of the molecule is O=C(NC1COC2C1OCC2n1nnnc1Oc1ccccc1)C1CC1. The maximum Gasteiger partial charge on any atom is 0.341 e. The quantitative estimate of drug-likeness (QED) is 0.840. The number of carbonyl (C=O) groups is 1. The lowest BCUT2D eigenvalue weighted by Gasteiger charge is -2.18. The Labute approximate surface area is 149 Å². The van der Waals surface area contributed by atoms with Crippen molar-refractivity contribution < 1.29 is 19.0 Å². The van der Waals surface area contributed by atoms with Gasteiger partial charge in [-0.15, -0.1) is 0 Å². The molecule has 9 nitrogen and oxygen atoms in total. The lowest BCUT2D eigenvalue weighted by Crippen LogP contribution is -2.44. The second kappa shape index (κ2) is 6.33. The van der Waals surface area contributed by atoms with Crippen molar-refractivity contribution in [3.05, 3.63) is 30.3 Å². The molecule has 5 rings (SSSR count). The lowest BCUT2D eigenvalue weighted by molar-refractivity contribution is -0.123. The second-order valence-electron chi connectivity index (χ2n) is 6.87. The molecule has 1 aliphatic carbocycles. The average Bonchev–Trinajstić information content (AvgIpc) is 3.09. The Morgan fingerprint density at radius 3 is 2.77 bits per heavy atom. The van der Waals surface area contributed by atoms with Crippen molar-refractivity contribution in [2.24, 2.45) is 5.92 Å². The van der Waals surface area contributed by atoms with Crippen LogP contribution < -0.4 is 10.1 Å². The Bertz CT molecular complexity index is 793. The molecule has 3 aliphatic rings. The van der Waals surface area contributed by atoms with Gasteiger partial charge in [-0.1, -0.05) is 23.3 Å². The third-order valence-corrected chi connectivity index (χ3v) is 5.03. The first kappa shape index (κ1) is 15.7. The van der Waals surface area contributed by atoms with Crippen molar-refractivity contribution in [1.29, 1.82) is 0 Å². The van der Waals surface area contributed by atoms with Crippen molar-refractivity contribution in [3.63, 3.8) is 0 Å². The number of tetrazole rings is 1. The highest BCUT2D eigenvalue weighted by Gasteiger charge is 2.50. The summed E-state index contributed by atoms with van der Waals surface area (Å²) in [4.78, 5) is 12.0. The summed E-state index contributed by atoms with van der Waals surface area (Å²) in [6.07, 6.45) is 1.53. The van der Waals surface area contributed by atoms with Gasteiger partial charge in [0.05, 0.1) is 19.3 Å². The van der Waals surface area contributed by atoms with Gasteiger partial charge < -0.3 is 19.5 Å². The Hall–Kier alpha value is -2.52. The third-order valence-electron chi connectivity index (χ3n) is 5.03. The smallest absolute Gasteiger partial charge is 0.341 e. The fourth-order valence-electron chi connectivity index (χ4n) is 3.51. The third kappa shape index (κ3) is 2.82. The molecule has 1 N–H and O–H groups in total. The predicted octanol–water partition coefficient (Wildman–Crippen LogP) is 0.699. The number of carbonyl (C=O) groups excluding carboxylic acids is 1. The topological polar surface area (TPSA) is 100 Å². The van der Waals surface area contributed by atoms with Crippen molar-refractivity contribution in [2.45, 2.75) is 37.1 Å². The number of benzene rings is 1. The van der Waals surface area contributed by atoms with Gasteiger partial charge in [-0.05, 0) is 35.4 Å². The molecule has 3 heterocycles. The van der Waals surface area contributed by atoms with Gasteiger partial charge in [0, 0.05) is 5.92 Å². The zero-order valence-electron chi connectivity index (χ0n) is 14.0. The molecule has 136 valence electrons. The highest BCUT2D eigenvalue weighted by atomic mass is 16.6. The van der Waals surface area contributed by atoms with E-state index >= 15 is 0 Å². The minimum atomic E-state index is -0.221. The number of para-hydroxylation sites is 1. The van der Waals surface area contributed by atoms with Crippen LogP contribution in [0.2, 0.25) is 0 Å². The minimum absolute atomic E-state index is 0.0989. The number of amides is 1. The summed E-state index contributed by atoms with van der Waals surface area (Å²) in [6, 6.07) is 9.30. The van der Waals surface area contributed by atoms with Crippen LogP contribution in [-0.4, -0.2) is 57.6 Å². The highest BCUT2D eigenvalue weighted by Crippen LogP contribution is 2.36. The average molecular weight is 357 g/mol. The summed E-state index contributed by atoms with van der Waals surface area (Å²) in [5, 5.41) is 14.8. The highest BCUT2D eigenvalue weighted by molar-refractivity contribution is 5.81. The first-order chi connectivity index (χ1) is 12.8. The summed E-state index contributed by atoms with van der Waals surface area (Å²) in [6.45, 7) is 0.836. The van der Waals surface area contributed by atoms with Gasteiger partial charge in [0.25, 0.3) is 0 Å². The minimum Gasteiger partial charge on any atom is -0.423 e. The monoisotopic (exact) mass is 357 g/mol. The Kier molecular flexibility index (Phi) is 3.83. The van der Waals surface area contributed by atoms with Crippen LogP contribution in [0.25, 0.3) is 0 Å². The molecule has 0 bridgehead atoms. The van der Waals surface area contributed by atoms with E-state index < -0.39 is 0 Å². The van der Waals surface area contributed by atoms with Gasteiger partial charge in [0.2, 0.25) is 5.91 Å². The van der Waals surface area contributed by atoms with E-state index in [4.69, 9.17) is 14.2 Å². The molecule has 1 aromatic heterocycles. The van der Waals surface area contributed by atoms with E-state index in [9.17, 15) is 4.79 Å². The Morgan fingerprint density at radius 1 is 1.15 bits per heavy atom. The summed E-state index contributed by atoms with van der Waals surface area (Å²) >= 11 is 0. The zero-order chi connectivity index (χ0) is 17.5. The molecular formula is C17H19N5O4. The fourth-order valence-corrected chi connectivity index (χ4v) is 3.51. The van der Waals surface area contributed by atoms with Gasteiger partial charge in [-0.25, -0.2) is 0 Å². The summed E-state index contributed by atoms with van der Waals surface area (Å²) in [5.41, 5.74) is 0.